The number of nitrogens with zero attached hydrogens (tertiary/aromatic N) is 3. The van der Waals surface area contributed by atoms with Gasteiger partial charge in [-0.3, -0.25) is 19.8 Å². The van der Waals surface area contributed by atoms with Crippen molar-refractivity contribution in [1.29, 1.82) is 5.41 Å². The summed E-state index contributed by atoms with van der Waals surface area (Å²) in [5.74, 6) is -0.692. The average Bonchev–Trinajstić information content (AvgIpc) is 3.57. The summed E-state index contributed by atoms with van der Waals surface area (Å²) in [7, 11) is 0. The lowest BCUT2D eigenvalue weighted by molar-refractivity contribution is -0.158. The summed E-state index contributed by atoms with van der Waals surface area (Å²) in [6, 6.07) is 10.1. The van der Waals surface area contributed by atoms with E-state index in [9.17, 15) is 14.4 Å². The van der Waals surface area contributed by atoms with Crippen LogP contribution in [0.25, 0.3) is 0 Å². The zero-order valence-electron chi connectivity index (χ0n) is 20.8. The van der Waals surface area contributed by atoms with Crippen molar-refractivity contribution in [3.63, 3.8) is 0 Å². The van der Waals surface area contributed by atoms with Gasteiger partial charge in [-0.05, 0) is 37.5 Å². The Bertz CT molecular complexity index is 1130. The summed E-state index contributed by atoms with van der Waals surface area (Å²) in [6.07, 6.45) is 2.00. The maximum Gasteiger partial charge on any atom is 0.308 e. The molecule has 0 aliphatic carbocycles. The van der Waals surface area contributed by atoms with Crippen LogP contribution in [0.5, 0.6) is 5.06 Å². The molecule has 0 spiro atoms. The van der Waals surface area contributed by atoms with Crippen LogP contribution in [0.3, 0.4) is 0 Å². The van der Waals surface area contributed by atoms with Crippen LogP contribution in [-0.2, 0) is 25.7 Å². The zero-order chi connectivity index (χ0) is 26.4. The molecule has 0 bridgehead atoms. The number of nitrogens with one attached hydrogen (secondary N) is 1. The molecule has 4 rings (SSSR count). The van der Waals surface area contributed by atoms with E-state index in [0.717, 1.165) is 37.1 Å². The van der Waals surface area contributed by atoms with Crippen molar-refractivity contribution in [2.45, 2.75) is 38.8 Å². The van der Waals surface area contributed by atoms with Crippen molar-refractivity contribution in [3.8, 4) is 5.06 Å². The van der Waals surface area contributed by atoms with Gasteiger partial charge in [-0.15, -0.1) is 0 Å². The molecule has 9 nitrogen and oxygen atoms in total. The molecule has 0 saturated carbocycles. The molecule has 1 atom stereocenters. The highest BCUT2D eigenvalue weighted by Crippen LogP contribution is 2.28. The molecule has 2 fully saturated rings. The van der Waals surface area contributed by atoms with E-state index >= 15 is 0 Å². The predicted octanol–water partition coefficient (Wildman–Crippen LogP) is 3.39. The van der Waals surface area contributed by atoms with Gasteiger partial charge in [-0.25, -0.2) is 0 Å². The lowest BCUT2D eigenvalue weighted by Crippen LogP contribution is -2.59. The number of piperazine rings is 1. The molecule has 2 amide bonds. The van der Waals surface area contributed by atoms with Gasteiger partial charge in [0.2, 0.25) is 5.91 Å². The van der Waals surface area contributed by atoms with Crippen molar-refractivity contribution in [2.75, 3.05) is 39.4 Å². The first-order valence-electron chi connectivity index (χ1n) is 12.4. The average molecular weight is 547 g/mol. The van der Waals surface area contributed by atoms with Gasteiger partial charge in [-0.1, -0.05) is 47.2 Å². The Hall–Kier alpha value is -3.11. The lowest BCUT2D eigenvalue weighted by Gasteiger charge is -2.40. The molecule has 2 aromatic rings. The largest absolute Gasteiger partial charge is 0.474 e. The molecular weight excluding hydrogens is 516 g/mol. The number of hydrogen-bond donors (Lipinski definition) is 1. The smallest absolute Gasteiger partial charge is 0.308 e. The van der Waals surface area contributed by atoms with Crippen molar-refractivity contribution in [3.05, 3.63) is 51.9 Å². The van der Waals surface area contributed by atoms with E-state index < -0.39 is 12.0 Å². The van der Waals surface area contributed by atoms with Crippen LogP contribution < -0.4 is 4.74 Å². The predicted molar refractivity (Wildman–Crippen MR) is 141 cm³/mol. The summed E-state index contributed by atoms with van der Waals surface area (Å²) in [6.45, 7) is 4.41. The molecule has 37 heavy (non-hydrogen) atoms. The van der Waals surface area contributed by atoms with Gasteiger partial charge in [-0.2, -0.15) is 0 Å². The molecule has 1 N–H and O–H groups in total. The molecule has 2 saturated heterocycles. The SMILES string of the molecule is CCOC(=O)CC1C(=O)N(Cc2ccc(C(=N)N3CCCC3)cc2)CCN1C(=O)COc1ccc(Cl)s1. The van der Waals surface area contributed by atoms with Gasteiger partial charge < -0.3 is 24.2 Å². The van der Waals surface area contributed by atoms with E-state index in [-0.39, 0.29) is 38.0 Å². The number of likely N-dealkylation sites (tertiary alicyclic amines) is 1. The molecule has 0 radical (unpaired) electrons. The van der Waals surface area contributed by atoms with E-state index in [0.29, 0.717) is 28.3 Å². The number of esters is 1. The fourth-order valence-electron chi connectivity index (χ4n) is 4.57. The second-order valence-corrected chi connectivity index (χ2v) is 10.6. The minimum absolute atomic E-state index is 0.193. The lowest BCUT2D eigenvalue weighted by atomic mass is 10.0. The van der Waals surface area contributed by atoms with Crippen LogP contribution in [0.1, 0.15) is 37.3 Å². The second kappa shape index (κ2) is 12.4. The fraction of sp³-hybridized carbons (Fsp3) is 0.462. The number of rotatable bonds is 9. The maximum atomic E-state index is 13.4. The van der Waals surface area contributed by atoms with E-state index in [1.807, 2.05) is 24.3 Å². The highest BCUT2D eigenvalue weighted by Gasteiger charge is 2.39. The first-order valence-corrected chi connectivity index (χ1v) is 13.6. The number of carbonyl (C=O) groups excluding carboxylic acids is 3. The van der Waals surface area contributed by atoms with Gasteiger partial charge in [0.15, 0.2) is 11.7 Å². The molecular formula is C26H31ClN4O5S. The number of thiophene rings is 1. The molecule has 1 aromatic heterocycles. The summed E-state index contributed by atoms with van der Waals surface area (Å²) in [5.41, 5.74) is 1.76. The van der Waals surface area contributed by atoms with E-state index in [1.54, 1.807) is 24.0 Å². The number of halogens is 1. The Morgan fingerprint density at radius 3 is 2.46 bits per heavy atom. The monoisotopic (exact) mass is 546 g/mol. The van der Waals surface area contributed by atoms with Gasteiger partial charge in [0.05, 0.1) is 17.4 Å². The summed E-state index contributed by atoms with van der Waals surface area (Å²) in [5, 5.41) is 8.93. The van der Waals surface area contributed by atoms with Crippen LogP contribution in [0.15, 0.2) is 36.4 Å². The minimum atomic E-state index is -0.960. The fourth-order valence-corrected chi connectivity index (χ4v) is 5.45. The number of ether oxygens (including phenoxy) is 2. The Morgan fingerprint density at radius 1 is 1.08 bits per heavy atom. The minimum Gasteiger partial charge on any atom is -0.474 e. The number of benzene rings is 1. The Balaban J connectivity index is 1.41. The Morgan fingerprint density at radius 2 is 1.81 bits per heavy atom. The van der Waals surface area contributed by atoms with Gasteiger partial charge in [0, 0.05) is 38.3 Å². The van der Waals surface area contributed by atoms with E-state index in [1.165, 1.54) is 16.2 Å². The van der Waals surface area contributed by atoms with Crippen LogP contribution in [0.4, 0.5) is 0 Å². The van der Waals surface area contributed by atoms with E-state index in [2.05, 4.69) is 4.90 Å². The number of amides is 2. The number of amidine groups is 1. The number of hydrogen-bond acceptors (Lipinski definition) is 7. The van der Waals surface area contributed by atoms with Crippen molar-refractivity contribution < 1.29 is 23.9 Å². The van der Waals surface area contributed by atoms with Gasteiger partial charge >= 0.3 is 5.97 Å². The first kappa shape index (κ1) is 26.9. The third-order valence-corrected chi connectivity index (χ3v) is 7.62. The molecule has 198 valence electrons. The molecule has 1 aromatic carbocycles. The maximum absolute atomic E-state index is 13.4. The normalized spacial score (nSPS) is 17.7. The van der Waals surface area contributed by atoms with Crippen LogP contribution in [0.2, 0.25) is 4.34 Å². The molecule has 11 heteroatoms. The second-order valence-electron chi connectivity index (χ2n) is 8.96. The Labute approximate surface area is 225 Å². The van der Waals surface area contributed by atoms with Crippen LogP contribution in [-0.4, -0.2) is 83.8 Å². The zero-order valence-corrected chi connectivity index (χ0v) is 22.4. The summed E-state index contributed by atoms with van der Waals surface area (Å²) in [4.78, 5) is 43.8. The topological polar surface area (TPSA) is 103 Å². The third kappa shape index (κ3) is 6.81. The van der Waals surface area contributed by atoms with Gasteiger partial charge in [0.1, 0.15) is 11.9 Å². The summed E-state index contributed by atoms with van der Waals surface area (Å²) >= 11 is 7.13. The highest BCUT2D eigenvalue weighted by molar-refractivity contribution is 7.17. The van der Waals surface area contributed by atoms with Gasteiger partial charge in [0.25, 0.3) is 5.91 Å². The highest BCUT2D eigenvalue weighted by atomic mass is 35.5. The van der Waals surface area contributed by atoms with Crippen LogP contribution >= 0.6 is 22.9 Å². The van der Waals surface area contributed by atoms with Crippen molar-refractivity contribution >= 4 is 46.6 Å². The Kier molecular flexibility index (Phi) is 9.04. The van der Waals surface area contributed by atoms with Crippen molar-refractivity contribution in [2.24, 2.45) is 0 Å². The molecule has 2 aliphatic rings. The summed E-state index contributed by atoms with van der Waals surface area (Å²) < 4.78 is 11.2. The van der Waals surface area contributed by atoms with Crippen LogP contribution in [0, 0.1) is 5.41 Å². The van der Waals surface area contributed by atoms with Crippen molar-refractivity contribution in [1.82, 2.24) is 14.7 Å². The molecule has 3 heterocycles. The molecule has 2 aliphatic heterocycles. The van der Waals surface area contributed by atoms with E-state index in [4.69, 9.17) is 26.5 Å². The third-order valence-electron chi connectivity index (χ3n) is 6.48. The standard InChI is InChI=1S/C26H31ClN4O5S/c1-2-35-23(33)15-20-26(34)30(13-14-31(20)22(32)17-36-24-10-9-21(27)37-24)16-18-5-7-19(8-6-18)25(28)29-11-3-4-12-29/h5-10,20,28H,2-4,11-17H2,1H3. The number of carbonyl (C=O) groups is 3. The first-order chi connectivity index (χ1) is 17.9. The molecule has 1 unspecified atom stereocenters. The quantitative estimate of drug-likeness (QED) is 0.294.